The van der Waals surface area contributed by atoms with Gasteiger partial charge in [-0.25, -0.2) is 4.57 Å². The highest BCUT2D eigenvalue weighted by molar-refractivity contribution is 5.17. The lowest BCUT2D eigenvalue weighted by Crippen LogP contribution is -2.35. The maximum Gasteiger partial charge on any atom is 0.184 e. The van der Waals surface area contributed by atoms with Gasteiger partial charge in [0.15, 0.2) is 11.9 Å². The Balaban J connectivity index is 2.49. The van der Waals surface area contributed by atoms with Gasteiger partial charge in [0.05, 0.1) is 0 Å². The number of nitrogens with zero attached hydrogens (tertiary/aromatic N) is 1. The Hall–Kier alpha value is -0.850. The molecule has 1 aliphatic carbocycles. The summed E-state index contributed by atoms with van der Waals surface area (Å²) in [4.78, 5) is 0. The van der Waals surface area contributed by atoms with E-state index in [9.17, 15) is 0 Å². The molecule has 2 rings (SSSR count). The van der Waals surface area contributed by atoms with Crippen LogP contribution in [0.5, 0.6) is 0 Å². The van der Waals surface area contributed by atoms with E-state index in [0.29, 0.717) is 0 Å². The minimum atomic E-state index is 1.27. The first-order chi connectivity index (χ1) is 5.38. The lowest BCUT2D eigenvalue weighted by Gasteiger charge is -2.11. The Kier molecular flexibility index (Phi) is 1.65. The smallest absolute Gasteiger partial charge is 0.184 e. The van der Waals surface area contributed by atoms with E-state index in [4.69, 9.17) is 0 Å². The molecule has 0 N–H and O–H groups in total. The molecule has 0 unspecified atom stereocenters. The van der Waals surface area contributed by atoms with Crippen molar-refractivity contribution < 1.29 is 4.57 Å². The van der Waals surface area contributed by atoms with E-state index in [0.717, 1.165) is 0 Å². The summed E-state index contributed by atoms with van der Waals surface area (Å²) in [5.41, 5.74) is 3.10. The van der Waals surface area contributed by atoms with Crippen molar-refractivity contribution in [1.82, 2.24) is 0 Å². The van der Waals surface area contributed by atoms with Crippen molar-refractivity contribution in [2.45, 2.75) is 25.7 Å². The molecule has 0 atom stereocenters. The predicted molar refractivity (Wildman–Crippen MR) is 44.3 cm³/mol. The Morgan fingerprint density at radius 1 is 1.27 bits per heavy atom. The van der Waals surface area contributed by atoms with Crippen LogP contribution < -0.4 is 4.57 Å². The number of rotatable bonds is 0. The normalized spacial score (nSPS) is 16.1. The Labute approximate surface area is 67.7 Å². The van der Waals surface area contributed by atoms with Crippen LogP contribution in [-0.4, -0.2) is 0 Å². The molecule has 0 amide bonds. The first kappa shape index (κ1) is 6.84. The summed E-state index contributed by atoms with van der Waals surface area (Å²) in [5.74, 6) is 0. The van der Waals surface area contributed by atoms with Gasteiger partial charge >= 0.3 is 0 Å². The maximum absolute atomic E-state index is 2.26. The summed E-state index contributed by atoms with van der Waals surface area (Å²) in [6.45, 7) is 0. The third-order valence-electron chi connectivity index (χ3n) is 2.51. The van der Waals surface area contributed by atoms with Gasteiger partial charge in [0.2, 0.25) is 0 Å². The van der Waals surface area contributed by atoms with Gasteiger partial charge in [0.25, 0.3) is 0 Å². The minimum Gasteiger partial charge on any atom is -0.205 e. The van der Waals surface area contributed by atoms with Crippen molar-refractivity contribution in [3.05, 3.63) is 29.6 Å². The van der Waals surface area contributed by atoms with Gasteiger partial charge in [-0.3, -0.25) is 0 Å². The summed E-state index contributed by atoms with van der Waals surface area (Å²) in [5, 5.41) is 0. The molecule has 11 heavy (non-hydrogen) atoms. The first-order valence-corrected chi connectivity index (χ1v) is 4.34. The van der Waals surface area contributed by atoms with Crippen molar-refractivity contribution in [1.29, 1.82) is 0 Å². The summed E-state index contributed by atoms with van der Waals surface area (Å²) in [6.07, 6.45) is 7.43. The molecule has 0 saturated heterocycles. The molecular weight excluding hydrogens is 134 g/mol. The fourth-order valence-corrected chi connectivity index (χ4v) is 1.87. The average molecular weight is 148 g/mol. The van der Waals surface area contributed by atoms with E-state index in [1.54, 1.807) is 11.3 Å². The van der Waals surface area contributed by atoms with Crippen molar-refractivity contribution in [3.8, 4) is 0 Å². The molecule has 0 saturated carbocycles. The first-order valence-electron chi connectivity index (χ1n) is 4.34. The van der Waals surface area contributed by atoms with Crippen LogP contribution in [0, 0.1) is 0 Å². The molecule has 0 aliphatic heterocycles. The highest BCUT2D eigenvalue weighted by Gasteiger charge is 2.15. The molecular formula is C10H14N+. The van der Waals surface area contributed by atoms with E-state index in [2.05, 4.69) is 29.9 Å². The molecule has 0 fully saturated rings. The Morgan fingerprint density at radius 3 is 2.91 bits per heavy atom. The molecule has 1 aliphatic rings. The fourth-order valence-electron chi connectivity index (χ4n) is 1.87. The van der Waals surface area contributed by atoms with E-state index >= 15 is 0 Å². The van der Waals surface area contributed by atoms with Crippen LogP contribution in [0.4, 0.5) is 0 Å². The highest BCUT2D eigenvalue weighted by atomic mass is 14.9. The molecule has 0 aromatic carbocycles. The van der Waals surface area contributed by atoms with Crippen LogP contribution in [0.15, 0.2) is 18.3 Å². The molecule has 1 heteroatoms. The van der Waals surface area contributed by atoms with Crippen LogP contribution >= 0.6 is 0 Å². The summed E-state index contributed by atoms with van der Waals surface area (Å²) in [6, 6.07) is 4.40. The van der Waals surface area contributed by atoms with E-state index in [1.807, 2.05) is 0 Å². The van der Waals surface area contributed by atoms with E-state index in [1.165, 1.54) is 25.7 Å². The Bertz CT molecular complexity index is 266. The third kappa shape index (κ3) is 1.15. The van der Waals surface area contributed by atoms with Gasteiger partial charge in [0, 0.05) is 18.1 Å². The van der Waals surface area contributed by atoms with E-state index in [-0.39, 0.29) is 0 Å². The van der Waals surface area contributed by atoms with Crippen LogP contribution in [0.25, 0.3) is 0 Å². The third-order valence-corrected chi connectivity index (χ3v) is 2.51. The second-order valence-corrected chi connectivity index (χ2v) is 3.30. The lowest BCUT2D eigenvalue weighted by atomic mass is 9.96. The SMILES string of the molecule is C[n+]1cccc2c1CCCC2. The number of fused-ring (bicyclic) bond motifs is 1. The van der Waals surface area contributed by atoms with Gasteiger partial charge in [-0.2, -0.15) is 0 Å². The van der Waals surface area contributed by atoms with Crippen molar-refractivity contribution in [2.24, 2.45) is 7.05 Å². The van der Waals surface area contributed by atoms with Crippen LogP contribution in [0.3, 0.4) is 0 Å². The predicted octanol–water partition coefficient (Wildman–Crippen LogP) is 1.39. The number of pyridine rings is 1. The maximum atomic E-state index is 2.26. The largest absolute Gasteiger partial charge is 0.205 e. The highest BCUT2D eigenvalue weighted by Crippen LogP contribution is 2.16. The van der Waals surface area contributed by atoms with Gasteiger partial charge in [-0.05, 0) is 25.3 Å². The molecule has 1 nitrogen and oxygen atoms in total. The van der Waals surface area contributed by atoms with Crippen molar-refractivity contribution >= 4 is 0 Å². The molecule has 0 spiro atoms. The number of hydrogen-bond acceptors (Lipinski definition) is 0. The van der Waals surface area contributed by atoms with Gasteiger partial charge < -0.3 is 0 Å². The van der Waals surface area contributed by atoms with Crippen LogP contribution in [0.2, 0.25) is 0 Å². The van der Waals surface area contributed by atoms with Crippen LogP contribution in [-0.2, 0) is 19.9 Å². The molecule has 1 aromatic rings. The summed E-state index contributed by atoms with van der Waals surface area (Å²) >= 11 is 0. The zero-order valence-corrected chi connectivity index (χ0v) is 7.01. The molecule has 1 aromatic heterocycles. The zero-order valence-electron chi connectivity index (χ0n) is 7.01. The zero-order chi connectivity index (χ0) is 7.68. The standard InChI is InChI=1S/C10H14N/c1-11-8-4-6-9-5-2-3-7-10(9)11/h4,6,8H,2-3,5,7H2,1H3/q+1. The molecule has 0 radical (unpaired) electrons. The van der Waals surface area contributed by atoms with Crippen molar-refractivity contribution in [2.75, 3.05) is 0 Å². The van der Waals surface area contributed by atoms with Gasteiger partial charge in [0.1, 0.15) is 7.05 Å². The quantitative estimate of drug-likeness (QED) is 0.489. The molecule has 58 valence electrons. The lowest BCUT2D eigenvalue weighted by molar-refractivity contribution is -0.679. The topological polar surface area (TPSA) is 3.88 Å². The average Bonchev–Trinajstić information content (AvgIpc) is 2.06. The summed E-state index contributed by atoms with van der Waals surface area (Å²) < 4.78 is 2.26. The summed E-state index contributed by atoms with van der Waals surface area (Å²) in [7, 11) is 2.14. The second kappa shape index (κ2) is 2.65. The monoisotopic (exact) mass is 148 g/mol. The molecule has 0 bridgehead atoms. The van der Waals surface area contributed by atoms with Crippen molar-refractivity contribution in [3.63, 3.8) is 0 Å². The second-order valence-electron chi connectivity index (χ2n) is 3.30. The van der Waals surface area contributed by atoms with Gasteiger partial charge in [-0.15, -0.1) is 0 Å². The number of aromatic nitrogens is 1. The van der Waals surface area contributed by atoms with Gasteiger partial charge in [-0.1, -0.05) is 0 Å². The molecule has 1 heterocycles. The fraction of sp³-hybridized carbons (Fsp3) is 0.500. The minimum absolute atomic E-state index is 1.27. The van der Waals surface area contributed by atoms with Crippen LogP contribution in [0.1, 0.15) is 24.1 Å². The number of aryl methyl sites for hydroxylation is 2. The number of hydrogen-bond donors (Lipinski definition) is 0. The Morgan fingerprint density at radius 2 is 2.09 bits per heavy atom. The van der Waals surface area contributed by atoms with E-state index < -0.39 is 0 Å².